The lowest BCUT2D eigenvalue weighted by Gasteiger charge is -2.08. The van der Waals surface area contributed by atoms with Gasteiger partial charge in [0.15, 0.2) is 0 Å². The van der Waals surface area contributed by atoms with Crippen LogP contribution in [0.5, 0.6) is 0 Å². The molecule has 0 spiro atoms. The summed E-state index contributed by atoms with van der Waals surface area (Å²) in [7, 11) is 0. The number of carbonyl (C=O) groups is 1. The van der Waals surface area contributed by atoms with Gasteiger partial charge in [0.05, 0.1) is 12.3 Å². The molecule has 0 bridgehead atoms. The number of furan rings is 1. The number of benzene rings is 1. The number of carbonyl (C=O) groups excluding carboxylic acids is 1. The number of rotatable bonds is 4. The van der Waals surface area contributed by atoms with E-state index in [1.807, 2.05) is 25.1 Å². The Balaban J connectivity index is 1.94. The molecule has 19 heavy (non-hydrogen) atoms. The second kappa shape index (κ2) is 6.25. The summed E-state index contributed by atoms with van der Waals surface area (Å²) in [5.41, 5.74) is 0.883. The average Bonchev–Trinajstić information content (AvgIpc) is 2.90. The van der Waals surface area contributed by atoms with Gasteiger partial charge in [-0.15, -0.1) is 0 Å². The standard InChI is InChI=1S/C15H14ClNO2/c1-11(14-6-3-9-19-14)17-15(18)8-7-12-4-2-5-13(16)10-12/h2-11H,1H3,(H,17,18)/b8-7+/t11-/m1/s1. The average molecular weight is 276 g/mol. The highest BCUT2D eigenvalue weighted by Crippen LogP contribution is 2.13. The van der Waals surface area contributed by atoms with Crippen LogP contribution >= 0.6 is 11.6 Å². The highest BCUT2D eigenvalue weighted by atomic mass is 35.5. The van der Waals surface area contributed by atoms with Crippen LogP contribution in [-0.4, -0.2) is 5.91 Å². The lowest BCUT2D eigenvalue weighted by atomic mass is 10.2. The molecular weight excluding hydrogens is 262 g/mol. The van der Waals surface area contributed by atoms with Gasteiger partial charge >= 0.3 is 0 Å². The van der Waals surface area contributed by atoms with Crippen molar-refractivity contribution in [3.63, 3.8) is 0 Å². The van der Waals surface area contributed by atoms with E-state index in [4.69, 9.17) is 16.0 Å². The van der Waals surface area contributed by atoms with Crippen molar-refractivity contribution in [2.75, 3.05) is 0 Å². The van der Waals surface area contributed by atoms with E-state index in [2.05, 4.69) is 5.32 Å². The maximum atomic E-state index is 11.7. The second-order valence-electron chi connectivity index (χ2n) is 4.13. The summed E-state index contributed by atoms with van der Waals surface area (Å²) in [5, 5.41) is 3.46. The van der Waals surface area contributed by atoms with Gasteiger partial charge in [-0.2, -0.15) is 0 Å². The van der Waals surface area contributed by atoms with E-state index in [1.54, 1.807) is 30.5 Å². The molecule has 4 heteroatoms. The molecule has 1 aromatic heterocycles. The van der Waals surface area contributed by atoms with Crippen molar-refractivity contribution in [3.8, 4) is 0 Å². The third-order valence-electron chi connectivity index (χ3n) is 2.60. The van der Waals surface area contributed by atoms with Crippen LogP contribution in [0.1, 0.15) is 24.3 Å². The van der Waals surface area contributed by atoms with Crippen LogP contribution in [-0.2, 0) is 4.79 Å². The lowest BCUT2D eigenvalue weighted by Crippen LogP contribution is -2.24. The first-order valence-corrected chi connectivity index (χ1v) is 6.30. The summed E-state index contributed by atoms with van der Waals surface area (Å²) in [6, 6.07) is 10.8. The molecule has 0 unspecified atom stereocenters. The van der Waals surface area contributed by atoms with E-state index in [1.165, 1.54) is 6.08 Å². The molecule has 0 fully saturated rings. The van der Waals surface area contributed by atoms with Crippen LogP contribution in [0.15, 0.2) is 53.2 Å². The van der Waals surface area contributed by atoms with E-state index >= 15 is 0 Å². The molecule has 1 aromatic carbocycles. The topological polar surface area (TPSA) is 42.2 Å². The molecular formula is C15H14ClNO2. The molecule has 0 saturated carbocycles. The Morgan fingerprint density at radius 2 is 2.21 bits per heavy atom. The van der Waals surface area contributed by atoms with Crippen molar-refractivity contribution in [3.05, 3.63) is 65.1 Å². The summed E-state index contributed by atoms with van der Waals surface area (Å²) in [6.07, 6.45) is 4.78. The van der Waals surface area contributed by atoms with Crippen LogP contribution < -0.4 is 5.32 Å². The predicted octanol–water partition coefficient (Wildman–Crippen LogP) is 3.82. The van der Waals surface area contributed by atoms with Crippen molar-refractivity contribution in [1.29, 1.82) is 0 Å². The van der Waals surface area contributed by atoms with E-state index in [0.717, 1.165) is 11.3 Å². The second-order valence-corrected chi connectivity index (χ2v) is 4.57. The number of hydrogen-bond acceptors (Lipinski definition) is 2. The molecule has 2 aromatic rings. The molecule has 0 radical (unpaired) electrons. The fourth-order valence-electron chi connectivity index (χ4n) is 1.65. The van der Waals surface area contributed by atoms with Crippen molar-refractivity contribution in [2.45, 2.75) is 13.0 Å². The number of nitrogens with one attached hydrogen (secondary N) is 1. The van der Waals surface area contributed by atoms with Crippen LogP contribution in [0, 0.1) is 0 Å². The molecule has 0 aliphatic carbocycles. The van der Waals surface area contributed by atoms with Gasteiger partial charge < -0.3 is 9.73 Å². The Labute approximate surface area is 116 Å². The molecule has 98 valence electrons. The summed E-state index contributed by atoms with van der Waals surface area (Å²) in [6.45, 7) is 1.87. The van der Waals surface area contributed by atoms with Gasteiger partial charge in [0, 0.05) is 11.1 Å². The summed E-state index contributed by atoms with van der Waals surface area (Å²) >= 11 is 5.87. The predicted molar refractivity (Wildman–Crippen MR) is 75.8 cm³/mol. The fourth-order valence-corrected chi connectivity index (χ4v) is 1.85. The van der Waals surface area contributed by atoms with Crippen LogP contribution in [0.4, 0.5) is 0 Å². The Kier molecular flexibility index (Phi) is 4.42. The highest BCUT2D eigenvalue weighted by molar-refractivity contribution is 6.30. The molecule has 1 N–H and O–H groups in total. The zero-order valence-electron chi connectivity index (χ0n) is 10.5. The van der Waals surface area contributed by atoms with Crippen molar-refractivity contribution in [2.24, 2.45) is 0 Å². The van der Waals surface area contributed by atoms with Gasteiger partial charge in [-0.1, -0.05) is 23.7 Å². The molecule has 1 amide bonds. The van der Waals surface area contributed by atoms with E-state index in [-0.39, 0.29) is 11.9 Å². The largest absolute Gasteiger partial charge is 0.467 e. The van der Waals surface area contributed by atoms with Gasteiger partial charge in [-0.3, -0.25) is 4.79 Å². The minimum Gasteiger partial charge on any atom is -0.467 e. The van der Waals surface area contributed by atoms with Gasteiger partial charge in [0.1, 0.15) is 5.76 Å². The lowest BCUT2D eigenvalue weighted by molar-refractivity contribution is -0.117. The smallest absolute Gasteiger partial charge is 0.244 e. The van der Waals surface area contributed by atoms with Gasteiger partial charge in [-0.05, 0) is 42.8 Å². The summed E-state index contributed by atoms with van der Waals surface area (Å²) < 4.78 is 5.22. The third-order valence-corrected chi connectivity index (χ3v) is 2.84. The minimum absolute atomic E-state index is 0.161. The molecule has 0 aliphatic heterocycles. The maximum Gasteiger partial charge on any atom is 0.244 e. The summed E-state index contributed by atoms with van der Waals surface area (Å²) in [5.74, 6) is 0.549. The first-order chi connectivity index (χ1) is 9.15. The Morgan fingerprint density at radius 3 is 2.89 bits per heavy atom. The zero-order valence-corrected chi connectivity index (χ0v) is 11.2. The van der Waals surface area contributed by atoms with Crippen LogP contribution in [0.25, 0.3) is 6.08 Å². The minimum atomic E-state index is -0.177. The Bertz CT molecular complexity index is 576. The normalized spacial score (nSPS) is 12.5. The van der Waals surface area contributed by atoms with Crippen molar-refractivity contribution in [1.82, 2.24) is 5.32 Å². The molecule has 0 saturated heterocycles. The fraction of sp³-hybridized carbons (Fsp3) is 0.133. The first-order valence-electron chi connectivity index (χ1n) is 5.93. The van der Waals surface area contributed by atoms with Crippen LogP contribution in [0.3, 0.4) is 0 Å². The van der Waals surface area contributed by atoms with E-state index in [0.29, 0.717) is 5.02 Å². The SMILES string of the molecule is C[C@@H](NC(=O)/C=C/c1cccc(Cl)c1)c1ccco1. The molecule has 3 nitrogen and oxygen atoms in total. The van der Waals surface area contributed by atoms with Crippen LogP contribution in [0.2, 0.25) is 5.02 Å². The maximum absolute atomic E-state index is 11.7. The van der Waals surface area contributed by atoms with Gasteiger partial charge in [0.2, 0.25) is 5.91 Å². The van der Waals surface area contributed by atoms with E-state index in [9.17, 15) is 4.79 Å². The van der Waals surface area contributed by atoms with Gasteiger partial charge in [-0.25, -0.2) is 0 Å². The van der Waals surface area contributed by atoms with Gasteiger partial charge in [0.25, 0.3) is 0 Å². The summed E-state index contributed by atoms with van der Waals surface area (Å²) in [4.78, 5) is 11.7. The number of halogens is 1. The van der Waals surface area contributed by atoms with Crippen molar-refractivity contribution < 1.29 is 9.21 Å². The van der Waals surface area contributed by atoms with E-state index < -0.39 is 0 Å². The monoisotopic (exact) mass is 275 g/mol. The van der Waals surface area contributed by atoms with Crippen molar-refractivity contribution >= 4 is 23.6 Å². The Morgan fingerprint density at radius 1 is 1.37 bits per heavy atom. The zero-order chi connectivity index (χ0) is 13.7. The molecule has 2 rings (SSSR count). The number of amides is 1. The first kappa shape index (κ1) is 13.4. The molecule has 1 heterocycles. The number of hydrogen-bond donors (Lipinski definition) is 1. The Hall–Kier alpha value is -2.00. The third kappa shape index (κ3) is 4.00. The highest BCUT2D eigenvalue weighted by Gasteiger charge is 2.09. The molecule has 0 aliphatic rings. The quantitative estimate of drug-likeness (QED) is 0.862. The molecule has 1 atom stereocenters.